The van der Waals surface area contributed by atoms with Crippen LogP contribution in [-0.4, -0.2) is 22.4 Å². The summed E-state index contributed by atoms with van der Waals surface area (Å²) in [5.74, 6) is 0.900. The zero-order valence-electron chi connectivity index (χ0n) is 19.8. The summed E-state index contributed by atoms with van der Waals surface area (Å²) in [6.45, 7) is 1.94. The van der Waals surface area contributed by atoms with Crippen molar-refractivity contribution in [3.05, 3.63) is 119 Å². The van der Waals surface area contributed by atoms with E-state index >= 15 is 0 Å². The Bertz CT molecular complexity index is 1320. The van der Waals surface area contributed by atoms with Crippen molar-refractivity contribution in [1.82, 2.24) is 9.55 Å². The van der Waals surface area contributed by atoms with Crippen LogP contribution in [0.3, 0.4) is 0 Å². The molecule has 4 aromatic rings. The van der Waals surface area contributed by atoms with Gasteiger partial charge in [0, 0.05) is 24.5 Å². The van der Waals surface area contributed by atoms with E-state index in [0.717, 1.165) is 11.5 Å². The number of hydrogen-bond donors (Lipinski definition) is 2. The first-order valence-electron chi connectivity index (χ1n) is 11.4. The van der Waals surface area contributed by atoms with Gasteiger partial charge in [0.15, 0.2) is 0 Å². The Hall–Kier alpha value is -4.59. The van der Waals surface area contributed by atoms with Gasteiger partial charge in [-0.05, 0) is 61.1 Å². The summed E-state index contributed by atoms with van der Waals surface area (Å²) in [5.41, 5.74) is 2.84. The molecule has 0 radical (unpaired) electrons. The standard InChI is InChI=1S/C12H9FN2O2.C9H10.C7H8N2O/c13-10-7-9(4-5-11(10)14-8-16)15-6-2-1-3-12(15)17;1-2-4-8(5-3-1)9-6-7-9;1-6-2-3-7(8-4-6)9-5-10/h1-8H,(H,14,16);1-5,9H,6-7H2;2-5H,1H3,(H,8,9,10). The zero-order chi connectivity index (χ0) is 25.8. The number of pyridine rings is 2. The Morgan fingerprint density at radius 3 is 2.22 bits per heavy atom. The van der Waals surface area contributed by atoms with Crippen molar-refractivity contribution in [2.24, 2.45) is 0 Å². The lowest BCUT2D eigenvalue weighted by molar-refractivity contribution is -0.106. The smallest absolute Gasteiger partial charge is 0.255 e. The third-order valence-corrected chi connectivity index (χ3v) is 5.23. The van der Waals surface area contributed by atoms with E-state index in [2.05, 4.69) is 45.9 Å². The molecule has 2 amide bonds. The number of hydrogen-bond acceptors (Lipinski definition) is 4. The summed E-state index contributed by atoms with van der Waals surface area (Å²) in [6, 6.07) is 23.2. The number of aromatic nitrogens is 2. The number of nitrogens with zero attached hydrogens (tertiary/aromatic N) is 2. The van der Waals surface area contributed by atoms with Crippen molar-refractivity contribution >= 4 is 24.3 Å². The number of carbonyl (C=O) groups excluding carboxylic acids is 2. The molecule has 0 aliphatic heterocycles. The van der Waals surface area contributed by atoms with Gasteiger partial charge in [0.2, 0.25) is 12.8 Å². The first kappa shape index (κ1) is 26.0. The van der Waals surface area contributed by atoms with E-state index in [0.29, 0.717) is 24.3 Å². The van der Waals surface area contributed by atoms with Gasteiger partial charge in [-0.3, -0.25) is 19.0 Å². The summed E-state index contributed by atoms with van der Waals surface area (Å²) < 4.78 is 14.8. The molecule has 0 spiro atoms. The molecule has 1 saturated carbocycles. The average molecular weight is 487 g/mol. The Morgan fingerprint density at radius 2 is 1.64 bits per heavy atom. The molecule has 184 valence electrons. The van der Waals surface area contributed by atoms with Crippen molar-refractivity contribution in [3.63, 3.8) is 0 Å². The van der Waals surface area contributed by atoms with Crippen molar-refractivity contribution in [1.29, 1.82) is 0 Å². The van der Waals surface area contributed by atoms with Gasteiger partial charge >= 0.3 is 0 Å². The van der Waals surface area contributed by atoms with Gasteiger partial charge in [-0.2, -0.15) is 0 Å². The van der Waals surface area contributed by atoms with Crippen molar-refractivity contribution in [2.45, 2.75) is 25.7 Å². The fraction of sp³-hybridized carbons (Fsp3) is 0.143. The van der Waals surface area contributed by atoms with Crippen LogP contribution in [0.15, 0.2) is 96.1 Å². The molecule has 36 heavy (non-hydrogen) atoms. The van der Waals surface area contributed by atoms with Gasteiger partial charge in [0.05, 0.1) is 11.4 Å². The zero-order valence-corrected chi connectivity index (χ0v) is 19.8. The molecule has 0 saturated heterocycles. The highest BCUT2D eigenvalue weighted by Crippen LogP contribution is 2.39. The number of halogens is 1. The Kier molecular flexibility index (Phi) is 9.64. The Morgan fingerprint density at radius 1 is 0.917 bits per heavy atom. The minimum atomic E-state index is -0.592. The second-order valence-electron chi connectivity index (χ2n) is 8.00. The molecule has 2 heterocycles. The summed E-state index contributed by atoms with van der Waals surface area (Å²) in [7, 11) is 0. The van der Waals surface area contributed by atoms with Gasteiger partial charge in [-0.15, -0.1) is 0 Å². The summed E-state index contributed by atoms with van der Waals surface area (Å²) in [5, 5.41) is 4.67. The predicted molar refractivity (Wildman–Crippen MR) is 139 cm³/mol. The van der Waals surface area contributed by atoms with Crippen molar-refractivity contribution < 1.29 is 14.0 Å². The second kappa shape index (κ2) is 13.3. The van der Waals surface area contributed by atoms with E-state index in [4.69, 9.17) is 0 Å². The first-order valence-corrected chi connectivity index (χ1v) is 11.4. The van der Waals surface area contributed by atoms with Crippen LogP contribution in [-0.2, 0) is 9.59 Å². The van der Waals surface area contributed by atoms with Crippen molar-refractivity contribution in [2.75, 3.05) is 10.6 Å². The van der Waals surface area contributed by atoms with Crippen LogP contribution in [0.5, 0.6) is 0 Å². The number of aryl methyl sites for hydroxylation is 1. The maximum absolute atomic E-state index is 13.5. The number of carbonyl (C=O) groups is 2. The lowest BCUT2D eigenvalue weighted by Crippen LogP contribution is -2.15. The highest BCUT2D eigenvalue weighted by atomic mass is 19.1. The monoisotopic (exact) mass is 486 g/mol. The molecule has 1 aliphatic carbocycles. The molecule has 8 heteroatoms. The van der Waals surface area contributed by atoms with E-state index in [9.17, 15) is 18.8 Å². The van der Waals surface area contributed by atoms with Gasteiger partial charge in [0.25, 0.3) is 5.56 Å². The lowest BCUT2D eigenvalue weighted by Gasteiger charge is -2.07. The highest BCUT2D eigenvalue weighted by Gasteiger charge is 2.22. The van der Waals surface area contributed by atoms with Gasteiger partial charge in [-0.25, -0.2) is 9.37 Å². The normalized spacial score (nSPS) is 11.6. The van der Waals surface area contributed by atoms with E-state index in [1.54, 1.807) is 36.7 Å². The molecule has 5 rings (SSSR count). The Balaban J connectivity index is 0.000000162. The predicted octanol–water partition coefficient (Wildman–Crippen LogP) is 5.07. The maximum Gasteiger partial charge on any atom is 0.255 e. The van der Waals surface area contributed by atoms with Crippen LogP contribution >= 0.6 is 0 Å². The molecule has 0 atom stereocenters. The molecule has 2 N–H and O–H groups in total. The quantitative estimate of drug-likeness (QED) is 0.372. The third-order valence-electron chi connectivity index (χ3n) is 5.23. The Labute approximate surface area is 208 Å². The molecule has 0 bridgehead atoms. The van der Waals surface area contributed by atoms with Gasteiger partial charge in [-0.1, -0.05) is 42.5 Å². The lowest BCUT2D eigenvalue weighted by atomic mass is 10.1. The molecule has 0 unspecified atom stereocenters. The van der Waals surface area contributed by atoms with Crippen molar-refractivity contribution in [3.8, 4) is 5.69 Å². The maximum atomic E-state index is 13.5. The SMILES string of the molecule is Cc1ccc(NC=O)nc1.O=CNc1ccc(-n2ccccc2=O)cc1F.c1ccc(C2CC2)cc1. The average Bonchev–Trinajstić information content (AvgIpc) is 3.75. The van der Waals surface area contributed by atoms with Crippen LogP contribution in [0.4, 0.5) is 15.9 Å². The molecular formula is C28H27FN4O3. The number of nitrogens with one attached hydrogen (secondary N) is 2. The van der Waals surface area contributed by atoms with Gasteiger partial charge in [0.1, 0.15) is 11.6 Å². The largest absolute Gasteiger partial charge is 0.326 e. The van der Waals surface area contributed by atoms with Gasteiger partial charge < -0.3 is 10.6 Å². The molecule has 1 fully saturated rings. The summed E-state index contributed by atoms with van der Waals surface area (Å²) >= 11 is 0. The first-order chi connectivity index (χ1) is 17.5. The van der Waals surface area contributed by atoms with Crippen LogP contribution in [0.2, 0.25) is 0 Å². The number of rotatable bonds is 6. The van der Waals surface area contributed by atoms with E-state index < -0.39 is 5.82 Å². The minimum Gasteiger partial charge on any atom is -0.326 e. The van der Waals surface area contributed by atoms with E-state index in [1.165, 1.54) is 41.2 Å². The summed E-state index contributed by atoms with van der Waals surface area (Å²) in [6.07, 6.45) is 7.06. The van der Waals surface area contributed by atoms with E-state index in [-0.39, 0.29) is 11.2 Å². The fourth-order valence-corrected chi connectivity index (χ4v) is 3.23. The molecule has 7 nitrogen and oxygen atoms in total. The third kappa shape index (κ3) is 8.02. The van der Waals surface area contributed by atoms with Crippen LogP contribution in [0.25, 0.3) is 5.69 Å². The molecular weight excluding hydrogens is 459 g/mol. The molecule has 2 aromatic heterocycles. The highest BCUT2D eigenvalue weighted by molar-refractivity contribution is 5.72. The van der Waals surface area contributed by atoms with Crippen LogP contribution in [0, 0.1) is 12.7 Å². The van der Waals surface area contributed by atoms with Crippen LogP contribution in [0.1, 0.15) is 29.9 Å². The second-order valence-corrected chi connectivity index (χ2v) is 8.00. The number of amides is 2. The fourth-order valence-electron chi connectivity index (χ4n) is 3.23. The topological polar surface area (TPSA) is 93.1 Å². The van der Waals surface area contributed by atoms with E-state index in [1.807, 2.05) is 13.0 Å². The van der Waals surface area contributed by atoms with Crippen LogP contribution < -0.4 is 16.2 Å². The number of benzene rings is 2. The summed E-state index contributed by atoms with van der Waals surface area (Å²) in [4.78, 5) is 35.5. The minimum absolute atomic E-state index is 0.0766. The molecule has 1 aliphatic rings. The number of anilines is 2. The molecule has 2 aromatic carbocycles.